The van der Waals surface area contributed by atoms with Crippen molar-refractivity contribution in [3.63, 3.8) is 0 Å². The lowest BCUT2D eigenvalue weighted by atomic mass is 9.54. The summed E-state index contributed by atoms with van der Waals surface area (Å²) in [6, 6.07) is 0. The molecular weight excluding hydrogens is 328 g/mol. The van der Waals surface area contributed by atoms with Crippen molar-refractivity contribution < 1.29 is 19.4 Å². The van der Waals surface area contributed by atoms with Gasteiger partial charge in [0.15, 0.2) is 0 Å². The van der Waals surface area contributed by atoms with Crippen molar-refractivity contribution in [3.8, 4) is 0 Å². The van der Waals surface area contributed by atoms with Crippen LogP contribution in [0.4, 0.5) is 4.39 Å². The number of halogens is 1. The smallest absolute Gasteiger partial charge is 0.303 e. The fourth-order valence-electron chi connectivity index (χ4n) is 3.13. The van der Waals surface area contributed by atoms with Crippen LogP contribution >= 0.6 is 0 Å². The lowest BCUT2D eigenvalue weighted by Crippen LogP contribution is -2.32. The average molecular weight is 362 g/mol. The van der Waals surface area contributed by atoms with Crippen LogP contribution < -0.4 is 0 Å². The Balaban J connectivity index is 4.12. The molecule has 0 aromatic carbocycles. The predicted molar refractivity (Wildman–Crippen MR) is 108 cm³/mol. The molecule has 0 amide bonds. The second-order valence-corrected chi connectivity index (χ2v) is 7.53. The largest absolute Gasteiger partial charge is 0.481 e. The lowest BCUT2D eigenvalue weighted by Gasteiger charge is -2.35. The number of alkyl halides is 1. The third-order valence-electron chi connectivity index (χ3n) is 5.24. The first-order chi connectivity index (χ1) is 12.2. The van der Waals surface area contributed by atoms with E-state index in [0.29, 0.717) is 12.8 Å². The highest BCUT2D eigenvalue weighted by Crippen LogP contribution is 2.39. The van der Waals surface area contributed by atoms with Crippen LogP contribution in [0, 0.1) is 5.92 Å². The summed E-state index contributed by atoms with van der Waals surface area (Å²) in [4.78, 5) is 10.4. The number of carboxylic acids is 1. The monoisotopic (exact) mass is 362 g/mol. The molecule has 0 aliphatic carbocycles. The van der Waals surface area contributed by atoms with Crippen molar-refractivity contribution in [3.05, 3.63) is 0 Å². The first-order valence-electron chi connectivity index (χ1n) is 10.0. The van der Waals surface area contributed by atoms with E-state index in [1.54, 1.807) is 0 Å². The average Bonchev–Trinajstić information content (AvgIpc) is 2.62. The maximum Gasteiger partial charge on any atom is 0.303 e. The molecule has 0 aliphatic rings. The number of aliphatic carboxylic acids is 1. The second-order valence-electron chi connectivity index (χ2n) is 7.53. The zero-order chi connectivity index (χ0) is 20.1. The van der Waals surface area contributed by atoms with Crippen LogP contribution in [0.2, 0.25) is 17.5 Å². The fraction of sp³-hybridized carbons (Fsp3) is 0.947. The van der Waals surface area contributed by atoms with Gasteiger partial charge in [-0.2, -0.15) is 0 Å². The summed E-state index contributed by atoms with van der Waals surface area (Å²) in [7, 11) is 18.3. The van der Waals surface area contributed by atoms with Crippen LogP contribution in [0.25, 0.3) is 0 Å². The summed E-state index contributed by atoms with van der Waals surface area (Å²) < 4.78 is 14.3. The Morgan fingerprint density at radius 3 is 2.12 bits per heavy atom. The second kappa shape index (κ2) is 14.6. The SMILES string of the molecule is [B][C@@H]([C@H]([B])[C@@H](F)[C@H](O)CCCC)[C@@H](C)[C@H]([B])CCCCCCCC(=O)O. The number of hydrogen-bond acceptors (Lipinski definition) is 2. The Labute approximate surface area is 163 Å². The molecule has 0 saturated heterocycles. The Kier molecular flexibility index (Phi) is 14.3. The maximum atomic E-state index is 14.3. The molecular formula is C19H34B3FO3. The molecule has 0 aromatic rings. The van der Waals surface area contributed by atoms with Crippen LogP contribution in [0.5, 0.6) is 0 Å². The van der Waals surface area contributed by atoms with Gasteiger partial charge in [0.05, 0.1) is 29.6 Å². The molecule has 0 unspecified atom stereocenters. The van der Waals surface area contributed by atoms with Crippen LogP contribution in [-0.4, -0.2) is 52.0 Å². The molecule has 6 radical (unpaired) electrons. The van der Waals surface area contributed by atoms with Gasteiger partial charge in [0.2, 0.25) is 0 Å². The van der Waals surface area contributed by atoms with E-state index in [1.165, 1.54) is 0 Å². The van der Waals surface area contributed by atoms with E-state index < -0.39 is 29.9 Å². The summed E-state index contributed by atoms with van der Waals surface area (Å²) in [5.41, 5.74) is 0. The molecule has 7 heteroatoms. The highest BCUT2D eigenvalue weighted by atomic mass is 19.1. The van der Waals surface area contributed by atoms with Gasteiger partial charge in [-0.3, -0.25) is 4.79 Å². The van der Waals surface area contributed by atoms with Gasteiger partial charge in [0.1, 0.15) is 6.17 Å². The van der Waals surface area contributed by atoms with E-state index in [1.807, 2.05) is 13.8 Å². The third kappa shape index (κ3) is 10.6. The highest BCUT2D eigenvalue weighted by molar-refractivity contribution is 6.22. The molecule has 0 fully saturated rings. The summed E-state index contributed by atoms with van der Waals surface area (Å²) in [5, 5.41) is 18.5. The van der Waals surface area contributed by atoms with Gasteiger partial charge >= 0.3 is 5.97 Å². The van der Waals surface area contributed by atoms with Crippen LogP contribution in [0.3, 0.4) is 0 Å². The minimum atomic E-state index is -1.54. The number of aliphatic hydroxyl groups excluding tert-OH is 1. The zero-order valence-electron chi connectivity index (χ0n) is 16.4. The Morgan fingerprint density at radius 1 is 0.962 bits per heavy atom. The van der Waals surface area contributed by atoms with Crippen LogP contribution in [0.15, 0.2) is 0 Å². The molecule has 0 saturated carbocycles. The topological polar surface area (TPSA) is 57.5 Å². The van der Waals surface area contributed by atoms with Crippen molar-refractivity contribution in [1.82, 2.24) is 0 Å². The van der Waals surface area contributed by atoms with Crippen LogP contribution in [0.1, 0.15) is 78.1 Å². The Hall–Kier alpha value is -0.445. The molecule has 2 N–H and O–H groups in total. The van der Waals surface area contributed by atoms with Gasteiger partial charge < -0.3 is 10.2 Å². The van der Waals surface area contributed by atoms with Gasteiger partial charge in [-0.25, -0.2) is 4.39 Å². The first kappa shape index (κ1) is 25.6. The zero-order valence-corrected chi connectivity index (χ0v) is 16.4. The van der Waals surface area contributed by atoms with Crippen molar-refractivity contribution in [2.75, 3.05) is 0 Å². The van der Waals surface area contributed by atoms with Gasteiger partial charge in [-0.1, -0.05) is 76.3 Å². The van der Waals surface area contributed by atoms with Crippen molar-refractivity contribution >= 4 is 29.5 Å². The normalized spacial score (nSPS) is 18.6. The molecule has 144 valence electrons. The molecule has 0 rings (SSSR count). The summed E-state index contributed by atoms with van der Waals surface area (Å²) in [5.74, 6) is -2.60. The molecule has 3 nitrogen and oxygen atoms in total. The van der Waals surface area contributed by atoms with Crippen molar-refractivity contribution in [2.24, 2.45) is 5.92 Å². The summed E-state index contributed by atoms with van der Waals surface area (Å²) in [6.45, 7) is 3.87. The van der Waals surface area contributed by atoms with Gasteiger partial charge in [0.25, 0.3) is 0 Å². The molecule has 0 spiro atoms. The fourth-order valence-corrected chi connectivity index (χ4v) is 3.13. The maximum absolute atomic E-state index is 14.3. The Morgan fingerprint density at radius 2 is 1.54 bits per heavy atom. The van der Waals surface area contributed by atoms with Gasteiger partial charge in [-0.05, 0) is 18.7 Å². The highest BCUT2D eigenvalue weighted by Gasteiger charge is 2.31. The lowest BCUT2D eigenvalue weighted by molar-refractivity contribution is -0.137. The number of carbonyl (C=O) groups is 1. The first-order valence-corrected chi connectivity index (χ1v) is 10.0. The summed E-state index contributed by atoms with van der Waals surface area (Å²) >= 11 is 0. The van der Waals surface area contributed by atoms with E-state index >= 15 is 0 Å². The quantitative estimate of drug-likeness (QED) is 0.320. The predicted octanol–water partition coefficient (Wildman–Crippen LogP) is 4.20. The molecule has 0 aromatic heterocycles. The van der Waals surface area contributed by atoms with Gasteiger partial charge in [0, 0.05) is 6.42 Å². The van der Waals surface area contributed by atoms with Crippen molar-refractivity contribution in [1.29, 1.82) is 0 Å². The van der Waals surface area contributed by atoms with E-state index in [-0.39, 0.29) is 18.2 Å². The third-order valence-corrected chi connectivity index (χ3v) is 5.24. The van der Waals surface area contributed by atoms with Gasteiger partial charge in [-0.15, -0.1) is 0 Å². The number of carboxylic acid groups (broad SMARTS) is 1. The number of rotatable bonds is 16. The van der Waals surface area contributed by atoms with Crippen molar-refractivity contribution in [2.45, 2.75) is 108 Å². The van der Waals surface area contributed by atoms with E-state index in [0.717, 1.165) is 44.9 Å². The van der Waals surface area contributed by atoms with E-state index in [2.05, 4.69) is 0 Å². The van der Waals surface area contributed by atoms with E-state index in [9.17, 15) is 14.3 Å². The van der Waals surface area contributed by atoms with E-state index in [4.69, 9.17) is 28.6 Å². The molecule has 26 heavy (non-hydrogen) atoms. The Bertz CT molecular complexity index is 374. The molecule has 6 atom stereocenters. The minimum Gasteiger partial charge on any atom is -0.481 e. The molecule has 0 bridgehead atoms. The number of unbranched alkanes of at least 4 members (excludes halogenated alkanes) is 5. The molecule has 0 heterocycles. The number of aliphatic hydroxyl groups is 1. The minimum absolute atomic E-state index is 0.145. The molecule has 0 aliphatic heterocycles. The van der Waals surface area contributed by atoms with Crippen LogP contribution in [-0.2, 0) is 4.79 Å². The number of hydrogen-bond donors (Lipinski definition) is 2. The standard InChI is InChI=1S/C19H34B3FO3/c1-3-4-11-15(24)19(23)18(22)17(21)13(2)14(20)10-8-6-5-7-9-12-16(25)26/h13-15,17-19,24H,3-12H2,1-2H3,(H,25,26)/t13-,14+,15+,17+,18-,19-/m0/s1. The summed E-state index contributed by atoms with van der Waals surface area (Å²) in [6.07, 6.45) is 4.92.